The summed E-state index contributed by atoms with van der Waals surface area (Å²) >= 11 is 0. The number of aryl methyl sites for hydroxylation is 1. The zero-order valence-corrected chi connectivity index (χ0v) is 10.3. The van der Waals surface area contributed by atoms with Crippen LogP contribution in [0.5, 0.6) is 0 Å². The Kier molecular flexibility index (Phi) is 3.56. The molecule has 2 aromatic rings. The van der Waals surface area contributed by atoms with Crippen molar-refractivity contribution in [2.75, 3.05) is 12.4 Å². The molecular weight excluding hydrogens is 234 g/mol. The van der Waals surface area contributed by atoms with Crippen molar-refractivity contribution in [2.45, 2.75) is 13.1 Å². The Balaban J connectivity index is 1.88. The number of hydrogen-bond acceptors (Lipinski definition) is 5. The summed E-state index contributed by atoms with van der Waals surface area (Å²) in [5.41, 5.74) is 1.68. The van der Waals surface area contributed by atoms with Crippen LogP contribution in [0.1, 0.15) is 5.69 Å². The molecular formula is C10H15N7O. The zero-order chi connectivity index (χ0) is 13.0. The number of likely N-dealkylation sites (N-methyl/N-ethyl adjacent to an activating group) is 1. The Bertz CT molecular complexity index is 530. The summed E-state index contributed by atoms with van der Waals surface area (Å²) < 4.78 is 3.21. The van der Waals surface area contributed by atoms with E-state index in [2.05, 4.69) is 26.0 Å². The molecule has 0 atom stereocenters. The predicted molar refractivity (Wildman–Crippen MR) is 64.6 cm³/mol. The normalized spacial score (nSPS) is 10.3. The van der Waals surface area contributed by atoms with Crippen LogP contribution in [0.15, 0.2) is 18.6 Å². The summed E-state index contributed by atoms with van der Waals surface area (Å²) in [6, 6.07) is 0. The summed E-state index contributed by atoms with van der Waals surface area (Å²) in [6.45, 7) is 0.781. The highest BCUT2D eigenvalue weighted by molar-refractivity contribution is 5.75. The van der Waals surface area contributed by atoms with Crippen LogP contribution < -0.4 is 10.6 Å². The third-order valence-corrected chi connectivity index (χ3v) is 2.34. The minimum atomic E-state index is -0.0847. The van der Waals surface area contributed by atoms with Crippen LogP contribution in [0, 0.1) is 0 Å². The lowest BCUT2D eigenvalue weighted by molar-refractivity contribution is -0.121. The molecule has 2 aromatic heterocycles. The first-order valence-electron chi connectivity index (χ1n) is 5.49. The van der Waals surface area contributed by atoms with E-state index >= 15 is 0 Å². The molecule has 0 aromatic carbocycles. The van der Waals surface area contributed by atoms with Crippen molar-refractivity contribution in [2.24, 2.45) is 7.05 Å². The fraction of sp³-hybridized carbons (Fsp3) is 0.400. The largest absolute Gasteiger partial charge is 0.377 e. The van der Waals surface area contributed by atoms with Crippen molar-refractivity contribution in [3.8, 4) is 0 Å². The van der Waals surface area contributed by atoms with E-state index in [1.54, 1.807) is 28.8 Å². The number of rotatable bonds is 5. The van der Waals surface area contributed by atoms with E-state index in [0.717, 1.165) is 11.4 Å². The molecule has 0 bridgehead atoms. The highest BCUT2D eigenvalue weighted by Crippen LogP contribution is 2.06. The summed E-state index contributed by atoms with van der Waals surface area (Å²) in [5, 5.41) is 17.6. The molecule has 0 unspecified atom stereocenters. The van der Waals surface area contributed by atoms with Gasteiger partial charge in [-0.3, -0.25) is 14.2 Å². The summed E-state index contributed by atoms with van der Waals surface area (Å²) in [7, 11) is 3.41. The van der Waals surface area contributed by atoms with Crippen LogP contribution in [0.4, 0.5) is 5.69 Å². The smallest absolute Gasteiger partial charge is 0.241 e. The number of nitrogens with zero attached hydrogens (tertiary/aromatic N) is 5. The molecule has 0 saturated heterocycles. The molecule has 18 heavy (non-hydrogen) atoms. The number of nitrogens with one attached hydrogen (secondary N) is 2. The van der Waals surface area contributed by atoms with Crippen LogP contribution >= 0.6 is 0 Å². The van der Waals surface area contributed by atoms with Gasteiger partial charge in [0.15, 0.2) is 0 Å². The summed E-state index contributed by atoms with van der Waals surface area (Å²) in [6.07, 6.45) is 5.27. The van der Waals surface area contributed by atoms with Gasteiger partial charge in [-0.15, -0.1) is 5.10 Å². The summed E-state index contributed by atoms with van der Waals surface area (Å²) in [5.74, 6) is -0.0847. The standard InChI is InChI=1S/C10H15N7O/c1-11-10(18)7-17-6-8(4-13-17)12-3-9-5-16(2)15-14-9/h4-6,12H,3,7H2,1-2H3,(H,11,18). The zero-order valence-electron chi connectivity index (χ0n) is 10.3. The van der Waals surface area contributed by atoms with E-state index in [0.29, 0.717) is 6.54 Å². The van der Waals surface area contributed by atoms with Crippen molar-refractivity contribution < 1.29 is 4.79 Å². The number of carbonyl (C=O) groups excluding carboxylic acids is 1. The molecule has 0 radical (unpaired) electrons. The Morgan fingerprint density at radius 1 is 1.44 bits per heavy atom. The molecule has 96 valence electrons. The first kappa shape index (κ1) is 12.1. The molecule has 0 aliphatic carbocycles. The van der Waals surface area contributed by atoms with Gasteiger partial charge in [0.1, 0.15) is 12.2 Å². The Morgan fingerprint density at radius 3 is 2.94 bits per heavy atom. The van der Waals surface area contributed by atoms with Gasteiger partial charge in [-0.25, -0.2) is 0 Å². The number of aromatic nitrogens is 5. The third-order valence-electron chi connectivity index (χ3n) is 2.34. The third kappa shape index (κ3) is 3.06. The van der Waals surface area contributed by atoms with Crippen molar-refractivity contribution in [1.29, 1.82) is 0 Å². The fourth-order valence-electron chi connectivity index (χ4n) is 1.44. The molecule has 0 fully saturated rings. The van der Waals surface area contributed by atoms with E-state index in [4.69, 9.17) is 0 Å². The maximum atomic E-state index is 11.2. The van der Waals surface area contributed by atoms with Crippen LogP contribution in [0.2, 0.25) is 0 Å². The highest BCUT2D eigenvalue weighted by atomic mass is 16.1. The van der Waals surface area contributed by atoms with E-state index in [1.807, 2.05) is 13.2 Å². The first-order valence-corrected chi connectivity index (χ1v) is 5.49. The van der Waals surface area contributed by atoms with Crippen molar-refractivity contribution in [3.63, 3.8) is 0 Å². The van der Waals surface area contributed by atoms with Gasteiger partial charge in [-0.1, -0.05) is 5.21 Å². The van der Waals surface area contributed by atoms with Crippen molar-refractivity contribution in [3.05, 3.63) is 24.3 Å². The number of carbonyl (C=O) groups is 1. The number of amides is 1. The second-order valence-electron chi connectivity index (χ2n) is 3.84. The van der Waals surface area contributed by atoms with Gasteiger partial charge in [-0.2, -0.15) is 5.10 Å². The maximum absolute atomic E-state index is 11.2. The van der Waals surface area contributed by atoms with Crippen molar-refractivity contribution >= 4 is 11.6 Å². The Hall–Kier alpha value is -2.38. The van der Waals surface area contributed by atoms with Gasteiger partial charge in [0.25, 0.3) is 0 Å². The Morgan fingerprint density at radius 2 is 2.28 bits per heavy atom. The molecule has 8 heteroatoms. The van der Waals surface area contributed by atoms with Gasteiger partial charge < -0.3 is 10.6 Å². The van der Waals surface area contributed by atoms with Gasteiger partial charge in [0.2, 0.25) is 5.91 Å². The molecule has 2 N–H and O–H groups in total. The number of anilines is 1. The molecule has 0 aliphatic heterocycles. The molecule has 2 heterocycles. The monoisotopic (exact) mass is 249 g/mol. The lowest BCUT2D eigenvalue weighted by Crippen LogP contribution is -2.23. The fourth-order valence-corrected chi connectivity index (χ4v) is 1.44. The molecule has 0 spiro atoms. The molecule has 1 amide bonds. The minimum Gasteiger partial charge on any atom is -0.377 e. The average molecular weight is 249 g/mol. The van der Waals surface area contributed by atoms with Gasteiger partial charge >= 0.3 is 0 Å². The van der Waals surface area contributed by atoms with Crippen LogP contribution in [-0.2, 0) is 24.9 Å². The lowest BCUT2D eigenvalue weighted by atomic mass is 10.4. The first-order chi connectivity index (χ1) is 8.67. The lowest BCUT2D eigenvalue weighted by Gasteiger charge is -2.00. The molecule has 2 rings (SSSR count). The maximum Gasteiger partial charge on any atom is 0.241 e. The van der Waals surface area contributed by atoms with Gasteiger partial charge in [0.05, 0.1) is 18.4 Å². The second kappa shape index (κ2) is 5.30. The second-order valence-corrected chi connectivity index (χ2v) is 3.84. The highest BCUT2D eigenvalue weighted by Gasteiger charge is 2.03. The van der Waals surface area contributed by atoms with Crippen LogP contribution in [-0.4, -0.2) is 37.7 Å². The quantitative estimate of drug-likeness (QED) is 0.736. The van der Waals surface area contributed by atoms with E-state index in [1.165, 1.54) is 0 Å². The Labute approximate surface area is 104 Å². The van der Waals surface area contributed by atoms with E-state index in [9.17, 15) is 4.79 Å². The van der Waals surface area contributed by atoms with E-state index in [-0.39, 0.29) is 12.5 Å². The van der Waals surface area contributed by atoms with Crippen LogP contribution in [0.3, 0.4) is 0 Å². The number of hydrogen-bond donors (Lipinski definition) is 2. The molecule has 0 aliphatic rings. The van der Waals surface area contributed by atoms with Crippen molar-refractivity contribution in [1.82, 2.24) is 30.1 Å². The molecule has 0 saturated carbocycles. The SMILES string of the molecule is CNC(=O)Cn1cc(NCc2cn(C)nn2)cn1. The van der Waals surface area contributed by atoms with E-state index < -0.39 is 0 Å². The molecule has 8 nitrogen and oxygen atoms in total. The topological polar surface area (TPSA) is 89.7 Å². The average Bonchev–Trinajstić information content (AvgIpc) is 2.96. The van der Waals surface area contributed by atoms with Crippen LogP contribution in [0.25, 0.3) is 0 Å². The minimum absolute atomic E-state index is 0.0847. The summed E-state index contributed by atoms with van der Waals surface area (Å²) in [4.78, 5) is 11.2. The van der Waals surface area contributed by atoms with Gasteiger partial charge in [0, 0.05) is 26.5 Å². The predicted octanol–water partition coefficient (Wildman–Crippen LogP) is -0.630. The van der Waals surface area contributed by atoms with Gasteiger partial charge in [-0.05, 0) is 0 Å².